The largest absolute Gasteiger partial charge is 0.392 e. The van der Waals surface area contributed by atoms with Crippen molar-refractivity contribution in [3.63, 3.8) is 0 Å². The lowest BCUT2D eigenvalue weighted by atomic mass is 9.81. The Bertz CT molecular complexity index is 267. The summed E-state index contributed by atoms with van der Waals surface area (Å²) in [6, 6.07) is 0. The first-order chi connectivity index (χ1) is 5.68. The minimum absolute atomic E-state index is 0.211. The van der Waals surface area contributed by atoms with Crippen molar-refractivity contribution in [2.45, 2.75) is 13.3 Å². The number of hydrogen-bond acceptors (Lipinski definition) is 3. The monoisotopic (exact) mass is 166 g/mol. The van der Waals surface area contributed by atoms with Gasteiger partial charge in [0.1, 0.15) is 0 Å². The van der Waals surface area contributed by atoms with Crippen molar-refractivity contribution < 1.29 is 14.3 Å². The maximum Gasteiger partial charge on any atom is 0.321 e. The minimum atomic E-state index is -0.381. The quantitative estimate of drug-likeness (QED) is 0.305. The molecule has 1 fully saturated rings. The summed E-state index contributed by atoms with van der Waals surface area (Å²) in [7, 11) is 0. The van der Waals surface area contributed by atoms with Crippen molar-refractivity contribution >= 4 is 11.9 Å². The molecule has 12 heavy (non-hydrogen) atoms. The first-order valence-electron chi connectivity index (χ1n) is 4.12. The molecule has 0 aromatic heterocycles. The molecule has 0 saturated carbocycles. The summed E-state index contributed by atoms with van der Waals surface area (Å²) in [5.41, 5.74) is 0. The van der Waals surface area contributed by atoms with Gasteiger partial charge in [-0.15, -0.1) is 0 Å². The van der Waals surface area contributed by atoms with Gasteiger partial charge in [-0.3, -0.25) is 9.59 Å². The summed E-state index contributed by atoms with van der Waals surface area (Å²) < 4.78 is 4.53. The molecule has 1 aliphatic carbocycles. The molecule has 3 atom stereocenters. The van der Waals surface area contributed by atoms with Gasteiger partial charge in [0.15, 0.2) is 0 Å². The number of ether oxygens (including phenoxy) is 1. The van der Waals surface area contributed by atoms with E-state index in [0.29, 0.717) is 5.92 Å². The van der Waals surface area contributed by atoms with E-state index in [4.69, 9.17) is 0 Å². The van der Waals surface area contributed by atoms with Crippen LogP contribution in [0.5, 0.6) is 0 Å². The topological polar surface area (TPSA) is 43.4 Å². The fourth-order valence-electron chi connectivity index (χ4n) is 1.80. The van der Waals surface area contributed by atoms with Crippen LogP contribution >= 0.6 is 0 Å². The van der Waals surface area contributed by atoms with Crippen LogP contribution in [0.4, 0.5) is 0 Å². The second-order valence-electron chi connectivity index (χ2n) is 3.47. The van der Waals surface area contributed by atoms with Crippen molar-refractivity contribution in [2.75, 3.05) is 0 Å². The third-order valence-corrected chi connectivity index (χ3v) is 2.48. The molecule has 1 heterocycles. The van der Waals surface area contributed by atoms with Crippen LogP contribution in [-0.2, 0) is 14.3 Å². The molecule has 1 unspecified atom stereocenters. The predicted octanol–water partition coefficient (Wildman–Crippen LogP) is 0.898. The van der Waals surface area contributed by atoms with Gasteiger partial charge < -0.3 is 4.74 Å². The highest BCUT2D eigenvalue weighted by Gasteiger charge is 2.44. The number of fused-ring (bicyclic) bond motifs is 1. The minimum Gasteiger partial charge on any atom is -0.392 e. The lowest BCUT2D eigenvalue weighted by Crippen LogP contribution is -2.21. The fraction of sp³-hybridized carbons (Fsp3) is 0.556. The average Bonchev–Trinajstić information content (AvgIpc) is 2.28. The van der Waals surface area contributed by atoms with Crippen LogP contribution in [0.3, 0.4) is 0 Å². The highest BCUT2D eigenvalue weighted by atomic mass is 16.6. The van der Waals surface area contributed by atoms with Gasteiger partial charge in [-0.05, 0) is 12.3 Å². The zero-order valence-electron chi connectivity index (χ0n) is 6.82. The number of cyclic esters (lactones) is 2. The lowest BCUT2D eigenvalue weighted by Gasteiger charge is -2.18. The Morgan fingerprint density at radius 2 is 2.08 bits per heavy atom. The van der Waals surface area contributed by atoms with E-state index in [9.17, 15) is 9.59 Å². The second-order valence-corrected chi connectivity index (χ2v) is 3.47. The number of esters is 2. The van der Waals surface area contributed by atoms with E-state index in [1.807, 2.05) is 13.0 Å². The third-order valence-electron chi connectivity index (χ3n) is 2.48. The molecule has 0 bridgehead atoms. The van der Waals surface area contributed by atoms with Crippen molar-refractivity contribution in [3.05, 3.63) is 12.2 Å². The molecule has 2 aliphatic rings. The molecule has 1 aliphatic heterocycles. The zero-order chi connectivity index (χ0) is 8.72. The van der Waals surface area contributed by atoms with Gasteiger partial charge in [-0.25, -0.2) is 0 Å². The van der Waals surface area contributed by atoms with Crippen LogP contribution in [0.1, 0.15) is 13.3 Å². The Hall–Kier alpha value is -1.12. The van der Waals surface area contributed by atoms with E-state index in [0.717, 1.165) is 6.42 Å². The third kappa shape index (κ3) is 0.967. The van der Waals surface area contributed by atoms with E-state index in [-0.39, 0.29) is 23.8 Å². The van der Waals surface area contributed by atoms with Gasteiger partial charge in [-0.2, -0.15) is 0 Å². The van der Waals surface area contributed by atoms with Crippen LogP contribution in [0.2, 0.25) is 0 Å². The fourth-order valence-corrected chi connectivity index (χ4v) is 1.80. The predicted molar refractivity (Wildman–Crippen MR) is 41.0 cm³/mol. The molecule has 0 amide bonds. The summed E-state index contributed by atoms with van der Waals surface area (Å²) in [5.74, 6) is -0.856. The Balaban J connectivity index is 2.29. The normalized spacial score (nSPS) is 39.6. The Kier molecular flexibility index (Phi) is 1.53. The average molecular weight is 166 g/mol. The number of carbonyl (C=O) groups is 2. The molecular weight excluding hydrogens is 156 g/mol. The number of allylic oxidation sites excluding steroid dienone is 1. The standard InChI is InChI=1S/C9H10O3/c1-5-2-3-6-7(4-5)9(11)12-8(6)10/h2-3,5-7H,4H2,1H3/t5?,6-,7+/m0/s1. The smallest absolute Gasteiger partial charge is 0.321 e. The molecule has 2 rings (SSSR count). The van der Waals surface area contributed by atoms with Crippen molar-refractivity contribution in [3.8, 4) is 0 Å². The molecule has 0 radical (unpaired) electrons. The molecule has 3 nitrogen and oxygen atoms in total. The molecule has 0 spiro atoms. The molecule has 64 valence electrons. The first-order valence-corrected chi connectivity index (χ1v) is 4.12. The van der Waals surface area contributed by atoms with Crippen molar-refractivity contribution in [2.24, 2.45) is 17.8 Å². The molecular formula is C9H10O3. The van der Waals surface area contributed by atoms with E-state index in [2.05, 4.69) is 4.74 Å². The maximum atomic E-state index is 11.1. The Morgan fingerprint density at radius 1 is 1.33 bits per heavy atom. The summed E-state index contributed by atoms with van der Waals surface area (Å²) >= 11 is 0. The number of hydrogen-bond donors (Lipinski definition) is 0. The zero-order valence-corrected chi connectivity index (χ0v) is 6.82. The van der Waals surface area contributed by atoms with E-state index in [1.165, 1.54) is 0 Å². The highest BCUT2D eigenvalue weighted by molar-refractivity contribution is 5.97. The summed E-state index contributed by atoms with van der Waals surface area (Å²) in [6.07, 6.45) is 4.51. The molecule has 0 aromatic carbocycles. The van der Waals surface area contributed by atoms with Crippen LogP contribution in [0.15, 0.2) is 12.2 Å². The molecule has 0 aromatic rings. The maximum absolute atomic E-state index is 11.1. The molecule has 1 saturated heterocycles. The van der Waals surface area contributed by atoms with Crippen molar-refractivity contribution in [1.29, 1.82) is 0 Å². The SMILES string of the molecule is CC1C=C[C@@H]2C(=O)OC(=O)[C@@H]2C1. The van der Waals surface area contributed by atoms with Gasteiger partial charge in [0.25, 0.3) is 0 Å². The van der Waals surface area contributed by atoms with Crippen LogP contribution in [0, 0.1) is 17.8 Å². The van der Waals surface area contributed by atoms with E-state index >= 15 is 0 Å². The van der Waals surface area contributed by atoms with Crippen LogP contribution in [0.25, 0.3) is 0 Å². The summed E-state index contributed by atoms with van der Waals surface area (Å²) in [4.78, 5) is 22.1. The Morgan fingerprint density at radius 3 is 2.83 bits per heavy atom. The highest BCUT2D eigenvalue weighted by Crippen LogP contribution is 2.34. The van der Waals surface area contributed by atoms with Gasteiger partial charge >= 0.3 is 11.9 Å². The molecule has 0 N–H and O–H groups in total. The summed E-state index contributed by atoms with van der Waals surface area (Å²) in [6.45, 7) is 2.03. The second kappa shape index (κ2) is 2.44. The van der Waals surface area contributed by atoms with E-state index in [1.54, 1.807) is 6.08 Å². The van der Waals surface area contributed by atoms with Gasteiger partial charge in [0, 0.05) is 0 Å². The molecule has 3 heteroatoms. The van der Waals surface area contributed by atoms with Gasteiger partial charge in [-0.1, -0.05) is 19.1 Å². The van der Waals surface area contributed by atoms with Gasteiger partial charge in [0.2, 0.25) is 0 Å². The van der Waals surface area contributed by atoms with Crippen LogP contribution < -0.4 is 0 Å². The summed E-state index contributed by atoms with van der Waals surface area (Å²) in [5, 5.41) is 0. The Labute approximate surface area is 70.4 Å². The van der Waals surface area contributed by atoms with Gasteiger partial charge in [0.05, 0.1) is 11.8 Å². The number of rotatable bonds is 0. The van der Waals surface area contributed by atoms with Crippen LogP contribution in [-0.4, -0.2) is 11.9 Å². The first kappa shape index (κ1) is 7.53. The van der Waals surface area contributed by atoms with Crippen molar-refractivity contribution in [1.82, 2.24) is 0 Å². The lowest BCUT2D eigenvalue weighted by molar-refractivity contribution is -0.153. The number of carbonyl (C=O) groups excluding carboxylic acids is 2. The van der Waals surface area contributed by atoms with E-state index < -0.39 is 0 Å².